The first-order valence-electron chi connectivity index (χ1n) is 8.63. The summed E-state index contributed by atoms with van der Waals surface area (Å²) in [5, 5.41) is 3.13. The lowest BCUT2D eigenvalue weighted by atomic mass is 10.1. The largest absolute Gasteiger partial charge is 0.461 e. The lowest BCUT2D eigenvalue weighted by Crippen LogP contribution is -2.00. The van der Waals surface area contributed by atoms with Gasteiger partial charge in [0.15, 0.2) is 0 Å². The summed E-state index contributed by atoms with van der Waals surface area (Å²) in [6.45, 7) is 1.68. The molecule has 0 amide bonds. The van der Waals surface area contributed by atoms with Gasteiger partial charge in [0.25, 0.3) is 0 Å². The zero-order chi connectivity index (χ0) is 19.9. The third kappa shape index (κ3) is 5.26. The molecule has 0 radical (unpaired) electrons. The van der Waals surface area contributed by atoms with Crippen LogP contribution in [0.3, 0.4) is 0 Å². The van der Waals surface area contributed by atoms with Gasteiger partial charge in [-0.15, -0.1) is 0 Å². The number of ether oxygens (including phenoxy) is 1. The molecule has 2 heterocycles. The van der Waals surface area contributed by atoms with E-state index in [1.165, 1.54) is 17.9 Å². The Morgan fingerprint density at radius 1 is 1.00 bits per heavy atom. The zero-order valence-electron chi connectivity index (χ0n) is 15.2. The average Bonchev–Trinajstić information content (AvgIpc) is 2.72. The summed E-state index contributed by atoms with van der Waals surface area (Å²) in [6, 6.07) is 18.2. The average molecular weight is 549 g/mol. The van der Waals surface area contributed by atoms with E-state index in [1.54, 1.807) is 6.20 Å². The Morgan fingerprint density at radius 2 is 1.68 bits per heavy atom. The predicted octanol–water partition coefficient (Wildman–Crippen LogP) is 6.03. The SMILES string of the molecule is BrCc1cccc2cccnc12.CC(=O)OCc1cccc2cc(I)cnc12. The molecule has 0 saturated carbocycles. The molecule has 0 aliphatic heterocycles. The molecule has 4 nitrogen and oxygen atoms in total. The molecule has 6 heteroatoms. The van der Waals surface area contributed by atoms with Crippen LogP contribution in [0.1, 0.15) is 18.1 Å². The summed E-state index contributed by atoms with van der Waals surface area (Å²) in [5.74, 6) is -0.275. The number of aromatic nitrogens is 2. The van der Waals surface area contributed by atoms with E-state index >= 15 is 0 Å². The molecule has 0 saturated heterocycles. The number of nitrogens with zero attached hydrogens (tertiary/aromatic N) is 2. The van der Waals surface area contributed by atoms with Crippen molar-refractivity contribution in [3.05, 3.63) is 81.7 Å². The number of alkyl halides is 1. The number of benzene rings is 2. The van der Waals surface area contributed by atoms with Gasteiger partial charge in [0, 0.05) is 44.6 Å². The van der Waals surface area contributed by atoms with Crippen LogP contribution in [-0.4, -0.2) is 15.9 Å². The lowest BCUT2D eigenvalue weighted by molar-refractivity contribution is -0.142. The van der Waals surface area contributed by atoms with Crippen molar-refractivity contribution in [3.8, 4) is 0 Å². The van der Waals surface area contributed by atoms with Crippen LogP contribution in [-0.2, 0) is 21.5 Å². The Kier molecular flexibility index (Phi) is 7.33. The van der Waals surface area contributed by atoms with Gasteiger partial charge in [-0.3, -0.25) is 14.8 Å². The Labute approximate surface area is 185 Å². The van der Waals surface area contributed by atoms with Crippen LogP contribution >= 0.6 is 38.5 Å². The molecule has 0 unspecified atom stereocenters. The van der Waals surface area contributed by atoms with Crippen molar-refractivity contribution in [2.75, 3.05) is 0 Å². The molecule has 0 bridgehead atoms. The molecule has 0 fully saturated rings. The van der Waals surface area contributed by atoms with Crippen molar-refractivity contribution in [1.29, 1.82) is 0 Å². The summed E-state index contributed by atoms with van der Waals surface area (Å²) < 4.78 is 6.08. The number of hydrogen-bond donors (Lipinski definition) is 0. The number of halogens is 2. The van der Waals surface area contributed by atoms with E-state index in [2.05, 4.69) is 78.8 Å². The topological polar surface area (TPSA) is 52.1 Å². The molecule has 4 aromatic rings. The molecule has 28 heavy (non-hydrogen) atoms. The van der Waals surface area contributed by atoms with Gasteiger partial charge in [-0.05, 0) is 40.3 Å². The number of rotatable bonds is 3. The molecule has 0 atom stereocenters. The van der Waals surface area contributed by atoms with Crippen molar-refractivity contribution in [2.45, 2.75) is 18.9 Å². The number of esters is 1. The molecule has 4 rings (SSSR count). The Hall–Kier alpha value is -2.06. The second-order valence-corrected chi connectivity index (χ2v) is 7.85. The van der Waals surface area contributed by atoms with Gasteiger partial charge < -0.3 is 4.74 Å². The van der Waals surface area contributed by atoms with Gasteiger partial charge in [0.1, 0.15) is 6.61 Å². The maximum absolute atomic E-state index is 10.8. The second-order valence-electron chi connectivity index (χ2n) is 6.05. The number of hydrogen-bond acceptors (Lipinski definition) is 4. The molecule has 0 N–H and O–H groups in total. The van der Waals surface area contributed by atoms with Crippen LogP contribution in [0.4, 0.5) is 0 Å². The number of carbonyl (C=O) groups excluding carboxylic acids is 1. The van der Waals surface area contributed by atoms with Crippen molar-refractivity contribution < 1.29 is 9.53 Å². The fraction of sp³-hybridized carbons (Fsp3) is 0.136. The fourth-order valence-corrected chi connectivity index (χ4v) is 3.70. The first kappa shape index (κ1) is 20.7. The standard InChI is InChI=1S/C12H10INO2.C10H8BrN/c1-8(15)16-7-10-4-2-3-9-5-11(13)6-14-12(9)10;11-7-9-4-1-3-8-5-2-6-12-10(8)9/h2-6H,7H2,1H3;1-6H,7H2. The highest BCUT2D eigenvalue weighted by molar-refractivity contribution is 14.1. The molecule has 2 aromatic carbocycles. The first-order chi connectivity index (χ1) is 13.6. The zero-order valence-corrected chi connectivity index (χ0v) is 19.0. The highest BCUT2D eigenvalue weighted by Crippen LogP contribution is 2.19. The number of pyridine rings is 2. The van der Waals surface area contributed by atoms with Gasteiger partial charge in [0.2, 0.25) is 0 Å². The number of fused-ring (bicyclic) bond motifs is 2. The molecule has 0 aliphatic carbocycles. The van der Waals surface area contributed by atoms with E-state index in [-0.39, 0.29) is 12.6 Å². The maximum Gasteiger partial charge on any atom is 0.302 e. The van der Waals surface area contributed by atoms with E-state index in [0.29, 0.717) is 0 Å². The highest BCUT2D eigenvalue weighted by Gasteiger charge is 2.04. The maximum atomic E-state index is 10.8. The van der Waals surface area contributed by atoms with E-state index < -0.39 is 0 Å². The van der Waals surface area contributed by atoms with Gasteiger partial charge in [0.05, 0.1) is 11.0 Å². The Balaban J connectivity index is 0.000000167. The van der Waals surface area contributed by atoms with Crippen LogP contribution in [0.2, 0.25) is 0 Å². The molecule has 2 aromatic heterocycles. The molecule has 0 spiro atoms. The smallest absolute Gasteiger partial charge is 0.302 e. The number of carbonyl (C=O) groups is 1. The van der Waals surface area contributed by atoms with Gasteiger partial charge in [-0.1, -0.05) is 58.4 Å². The minimum absolute atomic E-state index is 0.275. The second kappa shape index (κ2) is 9.93. The number of para-hydroxylation sites is 2. The fourth-order valence-electron chi connectivity index (χ4n) is 2.77. The third-order valence-corrected chi connectivity index (χ3v) is 5.25. The van der Waals surface area contributed by atoms with E-state index in [9.17, 15) is 4.79 Å². The Morgan fingerprint density at radius 3 is 2.43 bits per heavy atom. The van der Waals surface area contributed by atoms with Crippen molar-refractivity contribution in [3.63, 3.8) is 0 Å². The van der Waals surface area contributed by atoms with Crippen molar-refractivity contribution >= 4 is 66.3 Å². The quantitative estimate of drug-likeness (QED) is 0.178. The van der Waals surface area contributed by atoms with Crippen LogP contribution < -0.4 is 0 Å². The van der Waals surface area contributed by atoms with Gasteiger partial charge in [-0.25, -0.2) is 0 Å². The third-order valence-electron chi connectivity index (χ3n) is 4.05. The normalized spacial score (nSPS) is 10.4. The van der Waals surface area contributed by atoms with Crippen molar-refractivity contribution in [1.82, 2.24) is 9.97 Å². The van der Waals surface area contributed by atoms with Crippen molar-refractivity contribution in [2.24, 2.45) is 0 Å². The predicted molar refractivity (Wildman–Crippen MR) is 124 cm³/mol. The van der Waals surface area contributed by atoms with Crippen LogP contribution in [0, 0.1) is 3.57 Å². The molecule has 0 aliphatic rings. The first-order valence-corrected chi connectivity index (χ1v) is 10.8. The summed E-state index contributed by atoms with van der Waals surface area (Å²) in [5.41, 5.74) is 4.17. The summed E-state index contributed by atoms with van der Waals surface area (Å²) in [4.78, 5) is 19.4. The summed E-state index contributed by atoms with van der Waals surface area (Å²) in [6.07, 6.45) is 3.63. The molecular weight excluding hydrogens is 531 g/mol. The Bertz CT molecular complexity index is 1110. The lowest BCUT2D eigenvalue weighted by Gasteiger charge is -2.06. The minimum atomic E-state index is -0.275. The minimum Gasteiger partial charge on any atom is -0.461 e. The van der Waals surface area contributed by atoms with Crippen LogP contribution in [0.5, 0.6) is 0 Å². The summed E-state index contributed by atoms with van der Waals surface area (Å²) >= 11 is 5.66. The highest BCUT2D eigenvalue weighted by atomic mass is 127. The van der Waals surface area contributed by atoms with Crippen LogP contribution in [0.25, 0.3) is 21.8 Å². The molecule has 142 valence electrons. The van der Waals surface area contributed by atoms with E-state index in [0.717, 1.165) is 30.9 Å². The van der Waals surface area contributed by atoms with Gasteiger partial charge in [-0.2, -0.15) is 0 Å². The van der Waals surface area contributed by atoms with Gasteiger partial charge >= 0.3 is 5.97 Å². The summed E-state index contributed by atoms with van der Waals surface area (Å²) in [7, 11) is 0. The monoisotopic (exact) mass is 548 g/mol. The molecular formula is C22H18BrIN2O2. The van der Waals surface area contributed by atoms with Crippen LogP contribution in [0.15, 0.2) is 67.0 Å². The van der Waals surface area contributed by atoms with E-state index in [4.69, 9.17) is 4.74 Å². The van der Waals surface area contributed by atoms with E-state index in [1.807, 2.05) is 30.5 Å².